The third kappa shape index (κ3) is 4.43. The molecule has 0 amide bonds. The highest BCUT2D eigenvalue weighted by molar-refractivity contribution is 7.86. The molecule has 2 saturated carbocycles. The van der Waals surface area contributed by atoms with E-state index in [1.54, 1.807) is 20.8 Å². The van der Waals surface area contributed by atoms with E-state index in [0.717, 1.165) is 0 Å². The van der Waals surface area contributed by atoms with Crippen molar-refractivity contribution < 1.29 is 62.4 Å². The molecule has 2 bridgehead atoms. The molecule has 0 aromatic rings. The summed E-state index contributed by atoms with van der Waals surface area (Å²) in [5, 5.41) is -6.72. The molecule has 188 valence electrons. The van der Waals surface area contributed by atoms with Crippen LogP contribution in [0.15, 0.2) is 0 Å². The maximum atomic E-state index is 14.4. The van der Waals surface area contributed by atoms with Gasteiger partial charge in [0, 0.05) is 5.92 Å². The number of fused-ring (bicyclic) bond motifs is 2. The first-order chi connectivity index (χ1) is 14.1. The number of ether oxygens (including phenoxy) is 2. The molecule has 2 aliphatic rings. The molecule has 0 N–H and O–H groups in total. The van der Waals surface area contributed by atoms with Gasteiger partial charge in [0.1, 0.15) is 6.10 Å². The van der Waals surface area contributed by atoms with Gasteiger partial charge in [-0.15, -0.1) is 0 Å². The van der Waals surface area contributed by atoms with Gasteiger partial charge in [-0.25, -0.2) is 13.2 Å². The number of carbonyl (C=O) groups excluding carboxylic acids is 1. The number of rotatable bonds is 9. The van der Waals surface area contributed by atoms with Crippen LogP contribution in [0.4, 0.5) is 35.1 Å². The number of carbonyl (C=O) groups is 1. The minimum absolute atomic E-state index is 0.109. The van der Waals surface area contributed by atoms with Crippen molar-refractivity contribution in [3.8, 4) is 0 Å². The number of hydrogen-bond donors (Lipinski definition) is 0. The minimum Gasteiger partial charge on any atom is -0.743 e. The monoisotopic (exact) mass is 505 g/mol. The van der Waals surface area contributed by atoms with Gasteiger partial charge in [0.2, 0.25) is 0 Å². The molecule has 0 heterocycles. The first-order valence-corrected chi connectivity index (χ1v) is 10.9. The van der Waals surface area contributed by atoms with Crippen molar-refractivity contribution in [1.29, 1.82) is 0 Å². The first-order valence-electron chi connectivity index (χ1n) is 9.48. The summed E-state index contributed by atoms with van der Waals surface area (Å²) >= 11 is 0. The van der Waals surface area contributed by atoms with Crippen LogP contribution < -0.4 is 0 Å². The Morgan fingerprint density at radius 2 is 1.47 bits per heavy atom. The Morgan fingerprint density at radius 1 is 0.938 bits per heavy atom. The van der Waals surface area contributed by atoms with Gasteiger partial charge in [0.25, 0.3) is 0 Å². The highest BCUT2D eigenvalue weighted by Gasteiger charge is 2.74. The van der Waals surface area contributed by atoms with Crippen LogP contribution in [0.3, 0.4) is 0 Å². The molecule has 2 fully saturated rings. The maximum absolute atomic E-state index is 14.4. The summed E-state index contributed by atoms with van der Waals surface area (Å²) < 4.78 is 148. The van der Waals surface area contributed by atoms with Crippen molar-refractivity contribution >= 4 is 16.1 Å². The molecule has 4 unspecified atom stereocenters. The van der Waals surface area contributed by atoms with Crippen molar-refractivity contribution in [1.82, 2.24) is 0 Å². The smallest absolute Gasteiger partial charge is 0.438 e. The molecule has 15 heteroatoms. The van der Waals surface area contributed by atoms with Crippen LogP contribution in [-0.4, -0.2) is 48.4 Å². The van der Waals surface area contributed by atoms with Gasteiger partial charge < -0.3 is 9.29 Å². The molecular weight excluding hydrogens is 484 g/mol. The molecular formula is C17H21F8O6S-. The van der Waals surface area contributed by atoms with E-state index in [1.807, 2.05) is 0 Å². The normalized spacial score (nSPS) is 27.6. The van der Waals surface area contributed by atoms with Crippen LogP contribution in [0.2, 0.25) is 0 Å². The summed E-state index contributed by atoms with van der Waals surface area (Å²) in [7, 11) is -7.22. The number of esters is 1. The molecule has 32 heavy (non-hydrogen) atoms. The molecule has 0 aromatic heterocycles. The number of halogens is 8. The van der Waals surface area contributed by atoms with E-state index >= 15 is 0 Å². The van der Waals surface area contributed by atoms with Crippen molar-refractivity contribution in [2.45, 2.75) is 76.0 Å². The van der Waals surface area contributed by atoms with E-state index in [1.165, 1.54) is 0 Å². The van der Waals surface area contributed by atoms with Crippen molar-refractivity contribution in [3.63, 3.8) is 0 Å². The molecule has 0 aliphatic heterocycles. The van der Waals surface area contributed by atoms with E-state index in [0.29, 0.717) is 6.42 Å². The van der Waals surface area contributed by atoms with E-state index in [4.69, 9.17) is 4.74 Å². The van der Waals surface area contributed by atoms with E-state index in [2.05, 4.69) is 4.74 Å². The number of hydrogen-bond acceptors (Lipinski definition) is 6. The Labute approximate surface area is 178 Å². The fourth-order valence-electron chi connectivity index (χ4n) is 3.90. The SMILES string of the molecule is CCC(C)(C)C(=O)OC1CC2CC1CC2C(F)(F)C(F)(F)OC(F)(F)C(F)(F)S(=O)(=O)[O-]. The minimum atomic E-state index is -7.22. The molecule has 2 rings (SSSR count). The second-order valence-corrected chi connectivity index (χ2v) is 10.2. The molecule has 0 spiro atoms. The zero-order chi connectivity index (χ0) is 25.1. The van der Waals surface area contributed by atoms with Crippen LogP contribution in [0, 0.1) is 23.2 Å². The van der Waals surface area contributed by atoms with E-state index in [9.17, 15) is 52.9 Å². The molecule has 0 aromatic carbocycles. The van der Waals surface area contributed by atoms with E-state index in [-0.39, 0.29) is 12.8 Å². The highest BCUT2D eigenvalue weighted by Crippen LogP contribution is 2.59. The molecule has 0 radical (unpaired) electrons. The molecule has 0 saturated heterocycles. The van der Waals surface area contributed by atoms with Gasteiger partial charge >= 0.3 is 29.4 Å². The van der Waals surface area contributed by atoms with Crippen molar-refractivity contribution in [3.05, 3.63) is 0 Å². The fraction of sp³-hybridized carbons (Fsp3) is 0.941. The van der Waals surface area contributed by atoms with Crippen LogP contribution in [0.1, 0.15) is 46.5 Å². The first kappa shape index (κ1) is 27.0. The van der Waals surface area contributed by atoms with Gasteiger partial charge in [0.15, 0.2) is 10.1 Å². The largest absolute Gasteiger partial charge is 0.743 e. The second-order valence-electron chi connectivity index (χ2n) is 8.74. The van der Waals surface area contributed by atoms with Gasteiger partial charge in [-0.1, -0.05) is 6.92 Å². The molecule has 6 nitrogen and oxygen atoms in total. The summed E-state index contributed by atoms with van der Waals surface area (Å²) in [5.41, 5.74) is -0.884. The third-order valence-corrected chi connectivity index (χ3v) is 7.12. The van der Waals surface area contributed by atoms with Crippen LogP contribution in [0.25, 0.3) is 0 Å². The highest BCUT2D eigenvalue weighted by atomic mass is 32.2. The lowest BCUT2D eigenvalue weighted by Gasteiger charge is -2.39. The van der Waals surface area contributed by atoms with Gasteiger partial charge in [-0.2, -0.15) is 35.1 Å². The quantitative estimate of drug-likeness (QED) is 0.263. The molecule has 2 aliphatic carbocycles. The Hall–Kier alpha value is -1.22. The fourth-order valence-corrected chi connectivity index (χ4v) is 4.24. The standard InChI is InChI=1S/C17H22F8O6S/c1-4-13(2,3)12(26)30-11-7-8-5-9(11)6-10(8)14(18,19)15(20,21)31-16(22,23)17(24,25)32(27,28)29/h8-11H,4-7H2,1-3H3,(H,27,28,29)/p-1. The lowest BCUT2D eigenvalue weighted by Crippen LogP contribution is -2.58. The summed E-state index contributed by atoms with van der Waals surface area (Å²) in [4.78, 5) is 12.2. The number of alkyl halides is 8. The summed E-state index contributed by atoms with van der Waals surface area (Å²) in [6.45, 7) is 4.86. The maximum Gasteiger partial charge on any atom is 0.438 e. The Bertz CT molecular complexity index is 844. The van der Waals surface area contributed by atoms with Crippen LogP contribution in [-0.2, 0) is 24.4 Å². The average molecular weight is 505 g/mol. The predicted molar refractivity (Wildman–Crippen MR) is 88.8 cm³/mol. The Balaban J connectivity index is 2.16. The van der Waals surface area contributed by atoms with Gasteiger partial charge in [-0.05, 0) is 51.4 Å². The predicted octanol–water partition coefficient (Wildman–Crippen LogP) is 4.36. The molecule has 4 atom stereocenters. The van der Waals surface area contributed by atoms with Crippen molar-refractivity contribution in [2.24, 2.45) is 23.2 Å². The van der Waals surface area contributed by atoms with Crippen LogP contribution in [0.5, 0.6) is 0 Å². The summed E-state index contributed by atoms with van der Waals surface area (Å²) in [5.74, 6) is -10.4. The second kappa shape index (κ2) is 7.93. The topological polar surface area (TPSA) is 92.7 Å². The Morgan fingerprint density at radius 3 is 1.88 bits per heavy atom. The van der Waals surface area contributed by atoms with E-state index < -0.39 is 75.2 Å². The summed E-state index contributed by atoms with van der Waals surface area (Å²) in [6.07, 6.45) is -14.5. The average Bonchev–Trinajstić information content (AvgIpc) is 3.20. The van der Waals surface area contributed by atoms with Crippen molar-refractivity contribution in [2.75, 3.05) is 0 Å². The zero-order valence-electron chi connectivity index (χ0n) is 17.0. The zero-order valence-corrected chi connectivity index (χ0v) is 17.8. The lowest BCUT2D eigenvalue weighted by atomic mass is 9.82. The van der Waals surface area contributed by atoms with Crippen LogP contribution >= 0.6 is 0 Å². The van der Waals surface area contributed by atoms with Gasteiger partial charge in [0.05, 0.1) is 5.41 Å². The van der Waals surface area contributed by atoms with Gasteiger partial charge in [-0.3, -0.25) is 4.79 Å². The lowest BCUT2D eigenvalue weighted by molar-refractivity contribution is -0.463. The third-order valence-electron chi connectivity index (χ3n) is 6.25. The Kier molecular flexibility index (Phi) is 6.70. The summed E-state index contributed by atoms with van der Waals surface area (Å²) in [6, 6.07) is 0.